The average Bonchev–Trinajstić information content (AvgIpc) is 3.30. The number of carbonyl (C=O) groups excluding carboxylic acids is 2. The number of hydrogen-bond donors (Lipinski definition) is 2. The van der Waals surface area contributed by atoms with Gasteiger partial charge in [-0.1, -0.05) is 13.8 Å². The van der Waals surface area contributed by atoms with Crippen LogP contribution in [-0.2, 0) is 19.6 Å². The molecule has 1 fully saturated rings. The molecule has 1 saturated heterocycles. The molecule has 2 aromatic rings. The van der Waals surface area contributed by atoms with Crippen LogP contribution in [-0.4, -0.2) is 55.8 Å². The Kier molecular flexibility index (Phi) is 7.86. The van der Waals surface area contributed by atoms with Crippen molar-refractivity contribution in [3.8, 4) is 5.75 Å². The van der Waals surface area contributed by atoms with Gasteiger partial charge in [0.05, 0.1) is 12.0 Å². The summed E-state index contributed by atoms with van der Waals surface area (Å²) in [5, 5.41) is 7.80. The van der Waals surface area contributed by atoms with Crippen molar-refractivity contribution in [2.75, 3.05) is 25.5 Å². The van der Waals surface area contributed by atoms with Crippen molar-refractivity contribution in [2.24, 2.45) is 11.8 Å². The first-order chi connectivity index (χ1) is 15.2. The highest BCUT2D eigenvalue weighted by molar-refractivity contribution is 7.89. The Balaban J connectivity index is 1.58. The number of aromatic nitrogens is 1. The third kappa shape index (κ3) is 5.64. The van der Waals surface area contributed by atoms with Crippen molar-refractivity contribution in [3.05, 3.63) is 35.8 Å². The molecule has 3 rings (SSSR count). The smallest absolute Gasteiger partial charge is 0.248 e. The highest BCUT2D eigenvalue weighted by Crippen LogP contribution is 2.25. The normalized spacial score (nSPS) is 16.5. The molecule has 1 atom stereocenters. The van der Waals surface area contributed by atoms with E-state index in [1.165, 1.54) is 34.9 Å². The van der Waals surface area contributed by atoms with Gasteiger partial charge in [0.1, 0.15) is 11.8 Å². The number of amides is 2. The van der Waals surface area contributed by atoms with E-state index in [0.29, 0.717) is 23.7 Å². The topological polar surface area (TPSA) is 118 Å². The van der Waals surface area contributed by atoms with Crippen LogP contribution in [0.3, 0.4) is 0 Å². The first-order valence-corrected chi connectivity index (χ1v) is 12.7. The van der Waals surface area contributed by atoms with Crippen molar-refractivity contribution in [1.82, 2.24) is 14.6 Å². The summed E-state index contributed by atoms with van der Waals surface area (Å²) >= 11 is 1.30. The van der Waals surface area contributed by atoms with Gasteiger partial charge in [0.15, 0.2) is 5.13 Å². The number of anilines is 1. The van der Waals surface area contributed by atoms with Gasteiger partial charge in [-0.15, -0.1) is 11.3 Å². The second-order valence-electron chi connectivity index (χ2n) is 7.91. The van der Waals surface area contributed by atoms with E-state index in [0.717, 1.165) is 0 Å². The number of nitrogens with zero attached hydrogens (tertiary/aromatic N) is 2. The summed E-state index contributed by atoms with van der Waals surface area (Å²) in [6, 6.07) is 5.54. The molecule has 0 spiro atoms. The second kappa shape index (κ2) is 10.4. The molecule has 0 saturated carbocycles. The van der Waals surface area contributed by atoms with Gasteiger partial charge in [-0.25, -0.2) is 13.4 Å². The molecule has 2 heterocycles. The van der Waals surface area contributed by atoms with E-state index in [4.69, 9.17) is 4.74 Å². The van der Waals surface area contributed by atoms with Crippen LogP contribution in [0.5, 0.6) is 5.75 Å². The van der Waals surface area contributed by atoms with Gasteiger partial charge in [-0.2, -0.15) is 4.31 Å². The Morgan fingerprint density at radius 1 is 1.19 bits per heavy atom. The van der Waals surface area contributed by atoms with Gasteiger partial charge in [0.25, 0.3) is 0 Å². The van der Waals surface area contributed by atoms with Crippen LogP contribution in [0.15, 0.2) is 40.7 Å². The Morgan fingerprint density at radius 2 is 1.84 bits per heavy atom. The van der Waals surface area contributed by atoms with Crippen molar-refractivity contribution >= 4 is 38.3 Å². The van der Waals surface area contributed by atoms with Crippen LogP contribution in [0, 0.1) is 11.8 Å². The SMILES string of the molecule is COc1ccc(S(=O)(=O)N2CCC(C(=O)NC(C(=O)Nc3nccs3)C(C)C)CC2)cc1. The lowest BCUT2D eigenvalue weighted by atomic mass is 9.95. The highest BCUT2D eigenvalue weighted by Gasteiger charge is 2.34. The molecule has 11 heteroatoms. The molecule has 1 aromatic carbocycles. The van der Waals surface area contributed by atoms with Gasteiger partial charge >= 0.3 is 0 Å². The zero-order valence-electron chi connectivity index (χ0n) is 18.3. The fraction of sp³-hybridized carbons (Fsp3) is 0.476. The maximum absolute atomic E-state index is 12.9. The lowest BCUT2D eigenvalue weighted by molar-refractivity contribution is -0.130. The molecule has 2 N–H and O–H groups in total. The number of hydrogen-bond acceptors (Lipinski definition) is 7. The summed E-state index contributed by atoms with van der Waals surface area (Å²) in [6.45, 7) is 4.20. The Labute approximate surface area is 192 Å². The highest BCUT2D eigenvalue weighted by atomic mass is 32.2. The predicted molar refractivity (Wildman–Crippen MR) is 122 cm³/mol. The van der Waals surface area contributed by atoms with Gasteiger partial charge in [0, 0.05) is 30.6 Å². The summed E-state index contributed by atoms with van der Waals surface area (Å²) in [5.41, 5.74) is 0. The van der Waals surface area contributed by atoms with Gasteiger partial charge in [-0.05, 0) is 43.0 Å². The molecule has 174 valence electrons. The lowest BCUT2D eigenvalue weighted by Crippen LogP contribution is -2.50. The number of methoxy groups -OCH3 is 1. The van der Waals surface area contributed by atoms with E-state index < -0.39 is 16.1 Å². The molecular formula is C21H28N4O5S2. The average molecular weight is 481 g/mol. The predicted octanol–water partition coefficient (Wildman–Crippen LogP) is 2.33. The monoisotopic (exact) mass is 480 g/mol. The van der Waals surface area contributed by atoms with Crippen molar-refractivity contribution in [2.45, 2.75) is 37.6 Å². The number of rotatable bonds is 8. The fourth-order valence-electron chi connectivity index (χ4n) is 3.53. The molecular weight excluding hydrogens is 452 g/mol. The minimum Gasteiger partial charge on any atom is -0.497 e. The van der Waals surface area contributed by atoms with Gasteiger partial charge < -0.3 is 15.4 Å². The minimum atomic E-state index is -3.64. The summed E-state index contributed by atoms with van der Waals surface area (Å²) in [7, 11) is -2.12. The second-order valence-corrected chi connectivity index (χ2v) is 10.7. The first kappa shape index (κ1) is 24.1. The van der Waals surface area contributed by atoms with Crippen molar-refractivity contribution in [1.29, 1.82) is 0 Å². The fourth-order valence-corrected chi connectivity index (χ4v) is 5.53. The molecule has 9 nitrogen and oxygen atoms in total. The first-order valence-electron chi connectivity index (χ1n) is 10.4. The minimum absolute atomic E-state index is 0.116. The van der Waals surface area contributed by atoms with Crippen LogP contribution in [0.1, 0.15) is 26.7 Å². The summed E-state index contributed by atoms with van der Waals surface area (Å²) in [4.78, 5) is 29.7. The van der Waals surface area contributed by atoms with E-state index >= 15 is 0 Å². The Bertz CT molecular complexity index is 1010. The summed E-state index contributed by atoms with van der Waals surface area (Å²) in [5.74, 6) is -0.444. The summed E-state index contributed by atoms with van der Waals surface area (Å²) < 4.78 is 32.3. The number of benzene rings is 1. The van der Waals surface area contributed by atoms with Gasteiger partial charge in [-0.3, -0.25) is 9.59 Å². The number of ether oxygens (including phenoxy) is 1. The third-order valence-electron chi connectivity index (χ3n) is 5.43. The zero-order valence-corrected chi connectivity index (χ0v) is 19.9. The van der Waals surface area contributed by atoms with Crippen LogP contribution in [0.25, 0.3) is 0 Å². The molecule has 1 aromatic heterocycles. The van der Waals surface area contributed by atoms with Crippen LogP contribution < -0.4 is 15.4 Å². The Hall–Kier alpha value is -2.50. The standard InChI is InChI=1S/C21H28N4O5S2/c1-14(2)18(20(27)24-21-22-10-13-31-21)23-19(26)15-8-11-25(12-9-15)32(28,29)17-6-4-16(30-3)5-7-17/h4-7,10,13-15,18H,8-9,11-12H2,1-3H3,(H,23,26)(H,22,24,27). The molecule has 0 bridgehead atoms. The Morgan fingerprint density at radius 3 is 2.38 bits per heavy atom. The molecule has 1 aliphatic heterocycles. The molecule has 32 heavy (non-hydrogen) atoms. The van der Waals surface area contributed by atoms with E-state index in [1.807, 2.05) is 13.8 Å². The van der Waals surface area contributed by atoms with E-state index in [9.17, 15) is 18.0 Å². The van der Waals surface area contributed by atoms with Crippen LogP contribution in [0.4, 0.5) is 5.13 Å². The molecule has 2 amide bonds. The summed E-state index contributed by atoms with van der Waals surface area (Å²) in [6.07, 6.45) is 2.37. The van der Waals surface area contributed by atoms with E-state index in [2.05, 4.69) is 15.6 Å². The van der Waals surface area contributed by atoms with E-state index in [1.54, 1.807) is 23.7 Å². The number of nitrogens with one attached hydrogen (secondary N) is 2. The molecule has 0 aliphatic carbocycles. The van der Waals surface area contributed by atoms with Crippen LogP contribution in [0.2, 0.25) is 0 Å². The number of carbonyl (C=O) groups is 2. The lowest BCUT2D eigenvalue weighted by Gasteiger charge is -2.31. The van der Waals surface area contributed by atoms with Crippen molar-refractivity contribution < 1.29 is 22.7 Å². The van der Waals surface area contributed by atoms with Gasteiger partial charge in [0.2, 0.25) is 21.8 Å². The molecule has 0 radical (unpaired) electrons. The maximum Gasteiger partial charge on any atom is 0.248 e. The molecule has 1 aliphatic rings. The zero-order chi connectivity index (χ0) is 23.3. The number of thiazole rings is 1. The van der Waals surface area contributed by atoms with Crippen molar-refractivity contribution in [3.63, 3.8) is 0 Å². The van der Waals surface area contributed by atoms with E-state index in [-0.39, 0.29) is 41.6 Å². The van der Waals surface area contributed by atoms with Crippen LogP contribution >= 0.6 is 11.3 Å². The maximum atomic E-state index is 12.9. The molecule has 1 unspecified atom stereocenters. The number of sulfonamides is 1. The number of piperidine rings is 1. The quantitative estimate of drug-likeness (QED) is 0.599. The largest absolute Gasteiger partial charge is 0.497 e. The third-order valence-corrected chi connectivity index (χ3v) is 8.03.